The first-order chi connectivity index (χ1) is 11.8. The van der Waals surface area contributed by atoms with Crippen LogP contribution in [-0.2, 0) is 16.6 Å². The van der Waals surface area contributed by atoms with Gasteiger partial charge in [0.25, 0.3) is 0 Å². The van der Waals surface area contributed by atoms with Crippen LogP contribution in [0.2, 0.25) is 0 Å². The minimum atomic E-state index is -0.628. The zero-order valence-electron chi connectivity index (χ0n) is 15.4. The van der Waals surface area contributed by atoms with Crippen LogP contribution >= 0.6 is 12.4 Å². The third kappa shape index (κ3) is 5.31. The quantitative estimate of drug-likeness (QED) is 0.712. The first kappa shape index (κ1) is 21.7. The highest BCUT2D eigenvalue weighted by Crippen LogP contribution is 2.24. The summed E-state index contributed by atoms with van der Waals surface area (Å²) in [6.07, 6.45) is 0. The highest BCUT2D eigenvalue weighted by molar-refractivity contribution is 5.95. The Morgan fingerprint density at radius 3 is 2.54 bits per heavy atom. The molecular formula is C18H26ClN5O2. The number of nitrogens with one attached hydrogen (secondary N) is 2. The number of hydrogen-bond acceptors (Lipinski definition) is 4. The van der Waals surface area contributed by atoms with Crippen LogP contribution in [0.25, 0.3) is 11.3 Å². The average Bonchev–Trinajstić information content (AvgIpc) is 2.92. The van der Waals surface area contributed by atoms with Crippen LogP contribution < -0.4 is 16.4 Å². The lowest BCUT2D eigenvalue weighted by Crippen LogP contribution is -2.46. The molecule has 1 aromatic heterocycles. The van der Waals surface area contributed by atoms with E-state index in [1.807, 2.05) is 51.1 Å². The number of halogens is 1. The van der Waals surface area contributed by atoms with Gasteiger partial charge in [-0.2, -0.15) is 5.10 Å². The summed E-state index contributed by atoms with van der Waals surface area (Å²) in [5.41, 5.74) is 8.64. The highest BCUT2D eigenvalue weighted by Gasteiger charge is 2.18. The number of anilines is 1. The third-order valence-corrected chi connectivity index (χ3v) is 4.01. The molecule has 2 aromatic rings. The number of nitrogens with two attached hydrogens (primary N) is 1. The standard InChI is InChI=1S/C18H25N5O2.ClH/c1-11(2)17(19)18(25)20-10-16(24)21-15-9-14(22-23(15)4)13-8-6-5-7-12(13)3;/h5-9,11,17H,10,19H2,1-4H3,(H,20,25)(H,21,24);1H/t17-;/m0./s1. The summed E-state index contributed by atoms with van der Waals surface area (Å²) in [7, 11) is 1.75. The van der Waals surface area contributed by atoms with Gasteiger partial charge in [-0.1, -0.05) is 38.1 Å². The van der Waals surface area contributed by atoms with Gasteiger partial charge in [0.2, 0.25) is 11.8 Å². The zero-order valence-corrected chi connectivity index (χ0v) is 16.3. The van der Waals surface area contributed by atoms with Gasteiger partial charge in [-0.25, -0.2) is 0 Å². The number of amides is 2. The minimum absolute atomic E-state index is 0. The monoisotopic (exact) mass is 379 g/mol. The maximum absolute atomic E-state index is 12.1. The van der Waals surface area contributed by atoms with Gasteiger partial charge >= 0.3 is 0 Å². The van der Waals surface area contributed by atoms with Crippen molar-refractivity contribution in [2.24, 2.45) is 18.7 Å². The normalized spacial score (nSPS) is 11.6. The largest absolute Gasteiger partial charge is 0.346 e. The zero-order chi connectivity index (χ0) is 18.6. The molecule has 0 saturated heterocycles. The molecule has 0 aliphatic carbocycles. The van der Waals surface area contributed by atoms with E-state index in [9.17, 15) is 9.59 Å². The maximum Gasteiger partial charge on any atom is 0.244 e. The molecule has 0 radical (unpaired) electrons. The Hall–Kier alpha value is -2.38. The number of benzene rings is 1. The molecule has 0 unspecified atom stereocenters. The molecular weight excluding hydrogens is 354 g/mol. The molecule has 0 bridgehead atoms. The summed E-state index contributed by atoms with van der Waals surface area (Å²) >= 11 is 0. The van der Waals surface area contributed by atoms with Gasteiger partial charge < -0.3 is 16.4 Å². The highest BCUT2D eigenvalue weighted by atomic mass is 35.5. The smallest absolute Gasteiger partial charge is 0.244 e. The Morgan fingerprint density at radius 1 is 1.27 bits per heavy atom. The third-order valence-electron chi connectivity index (χ3n) is 4.01. The fourth-order valence-electron chi connectivity index (χ4n) is 2.35. The number of hydrogen-bond donors (Lipinski definition) is 3. The lowest BCUT2D eigenvalue weighted by molar-refractivity contribution is -0.125. The van der Waals surface area contributed by atoms with Crippen molar-refractivity contribution in [3.05, 3.63) is 35.9 Å². The van der Waals surface area contributed by atoms with E-state index in [0.717, 1.165) is 16.8 Å². The molecule has 0 fully saturated rings. The van der Waals surface area contributed by atoms with Crippen molar-refractivity contribution < 1.29 is 9.59 Å². The van der Waals surface area contributed by atoms with Gasteiger partial charge in [0.05, 0.1) is 18.3 Å². The van der Waals surface area contributed by atoms with E-state index in [2.05, 4.69) is 15.7 Å². The van der Waals surface area contributed by atoms with Crippen molar-refractivity contribution in [2.75, 3.05) is 11.9 Å². The van der Waals surface area contributed by atoms with E-state index in [4.69, 9.17) is 5.73 Å². The Labute approximate surface area is 159 Å². The predicted molar refractivity (Wildman–Crippen MR) is 105 cm³/mol. The summed E-state index contributed by atoms with van der Waals surface area (Å²) in [5.74, 6) is -0.0955. The molecule has 26 heavy (non-hydrogen) atoms. The molecule has 1 atom stereocenters. The minimum Gasteiger partial charge on any atom is -0.346 e. The SMILES string of the molecule is Cc1ccccc1-c1cc(NC(=O)CNC(=O)[C@@H](N)C(C)C)n(C)n1.Cl. The molecule has 8 heteroatoms. The summed E-state index contributed by atoms with van der Waals surface area (Å²) < 4.78 is 1.60. The number of nitrogens with zero attached hydrogens (tertiary/aromatic N) is 2. The van der Waals surface area contributed by atoms with Crippen LogP contribution in [0.1, 0.15) is 19.4 Å². The van der Waals surface area contributed by atoms with Crippen LogP contribution in [-0.4, -0.2) is 34.2 Å². The molecule has 0 aliphatic rings. The number of aryl methyl sites for hydroxylation is 2. The van der Waals surface area contributed by atoms with Crippen LogP contribution in [0.15, 0.2) is 30.3 Å². The Balaban J connectivity index is 0.00000338. The van der Waals surface area contributed by atoms with E-state index in [0.29, 0.717) is 5.82 Å². The molecule has 2 rings (SSSR count). The van der Waals surface area contributed by atoms with Gasteiger partial charge in [0.15, 0.2) is 0 Å². The molecule has 1 aromatic carbocycles. The lowest BCUT2D eigenvalue weighted by Gasteiger charge is -2.15. The van der Waals surface area contributed by atoms with E-state index in [1.54, 1.807) is 11.7 Å². The summed E-state index contributed by atoms with van der Waals surface area (Å²) in [5, 5.41) is 9.73. The van der Waals surface area contributed by atoms with Crippen molar-refractivity contribution in [2.45, 2.75) is 26.8 Å². The first-order valence-corrected chi connectivity index (χ1v) is 8.22. The molecule has 1 heterocycles. The topological polar surface area (TPSA) is 102 Å². The Kier molecular flexibility index (Phi) is 7.79. The van der Waals surface area contributed by atoms with Crippen molar-refractivity contribution in [3.63, 3.8) is 0 Å². The van der Waals surface area contributed by atoms with Crippen LogP contribution in [0.5, 0.6) is 0 Å². The van der Waals surface area contributed by atoms with E-state index in [1.165, 1.54) is 0 Å². The summed E-state index contributed by atoms with van der Waals surface area (Å²) in [6.45, 7) is 5.58. The number of aromatic nitrogens is 2. The molecule has 0 aliphatic heterocycles. The molecule has 142 valence electrons. The van der Waals surface area contributed by atoms with E-state index < -0.39 is 6.04 Å². The molecule has 2 amide bonds. The van der Waals surface area contributed by atoms with Crippen molar-refractivity contribution in [1.82, 2.24) is 15.1 Å². The van der Waals surface area contributed by atoms with Crippen LogP contribution in [0, 0.1) is 12.8 Å². The average molecular weight is 380 g/mol. The number of carbonyl (C=O) groups excluding carboxylic acids is 2. The molecule has 0 saturated carbocycles. The second-order valence-electron chi connectivity index (χ2n) is 6.39. The predicted octanol–water partition coefficient (Wildman–Crippen LogP) is 1.86. The first-order valence-electron chi connectivity index (χ1n) is 8.22. The Bertz CT molecular complexity index is 773. The number of carbonyl (C=O) groups is 2. The van der Waals surface area contributed by atoms with Gasteiger partial charge in [-0.15, -0.1) is 12.4 Å². The van der Waals surface area contributed by atoms with Crippen molar-refractivity contribution in [1.29, 1.82) is 0 Å². The molecule has 4 N–H and O–H groups in total. The second kappa shape index (κ2) is 9.35. The summed E-state index contributed by atoms with van der Waals surface area (Å²) in [4.78, 5) is 23.9. The fraction of sp³-hybridized carbons (Fsp3) is 0.389. The molecule has 7 nitrogen and oxygen atoms in total. The Morgan fingerprint density at radius 2 is 1.92 bits per heavy atom. The van der Waals surface area contributed by atoms with Gasteiger partial charge in [-0.3, -0.25) is 14.3 Å². The second-order valence-corrected chi connectivity index (χ2v) is 6.39. The maximum atomic E-state index is 12.1. The van der Waals surface area contributed by atoms with E-state index >= 15 is 0 Å². The van der Waals surface area contributed by atoms with Gasteiger partial charge in [0.1, 0.15) is 5.82 Å². The summed E-state index contributed by atoms with van der Waals surface area (Å²) in [6, 6.07) is 9.09. The number of rotatable bonds is 6. The lowest BCUT2D eigenvalue weighted by atomic mass is 10.1. The van der Waals surface area contributed by atoms with Gasteiger partial charge in [0, 0.05) is 18.7 Å². The van der Waals surface area contributed by atoms with Crippen LogP contribution in [0.3, 0.4) is 0 Å². The van der Waals surface area contributed by atoms with E-state index in [-0.39, 0.29) is 36.7 Å². The fourth-order valence-corrected chi connectivity index (χ4v) is 2.35. The molecule has 0 spiro atoms. The van der Waals surface area contributed by atoms with Gasteiger partial charge in [-0.05, 0) is 18.4 Å². The van der Waals surface area contributed by atoms with Crippen molar-refractivity contribution in [3.8, 4) is 11.3 Å². The van der Waals surface area contributed by atoms with Crippen LogP contribution in [0.4, 0.5) is 5.82 Å². The van der Waals surface area contributed by atoms with Crippen molar-refractivity contribution >= 4 is 30.0 Å².